The van der Waals surface area contributed by atoms with Crippen molar-refractivity contribution < 1.29 is 56.7 Å². The quantitative estimate of drug-likeness (QED) is 0.204. The largest absolute Gasteiger partial charge is 0.359 e. The highest BCUT2D eigenvalue weighted by Gasteiger charge is 2.54. The lowest BCUT2D eigenvalue weighted by Gasteiger charge is -2.31. The van der Waals surface area contributed by atoms with Crippen LogP contribution in [0.25, 0.3) is 0 Å². The third-order valence-electron chi connectivity index (χ3n) is 2.50. The van der Waals surface area contributed by atoms with Crippen molar-refractivity contribution in [1.29, 1.82) is 0 Å². The van der Waals surface area contributed by atoms with Gasteiger partial charge in [-0.1, -0.05) is 13.8 Å². The van der Waals surface area contributed by atoms with Crippen LogP contribution in [0.1, 0.15) is 26.7 Å². The van der Waals surface area contributed by atoms with Crippen molar-refractivity contribution >= 4 is 30.4 Å². The molecule has 0 radical (unpaired) electrons. The molecule has 0 aromatic rings. The van der Waals surface area contributed by atoms with E-state index in [0.29, 0.717) is 0 Å². The molecule has 1 atom stereocenters. The van der Waals surface area contributed by atoms with E-state index in [1.807, 2.05) is 0 Å². The molecule has 0 fully saturated rings. The highest BCUT2D eigenvalue weighted by molar-refractivity contribution is 7.73. The smallest absolute Gasteiger partial charge is 0.323 e. The average Bonchev–Trinajstić information content (AvgIpc) is 2.39. The fraction of sp³-hybridized carbons (Fsp3) is 1.00. The first-order valence-electron chi connectivity index (χ1n) is 6.90. The normalized spacial score (nSPS) is 15.6. The Bertz CT molecular complexity index is 572. The van der Waals surface area contributed by atoms with Crippen LogP contribution < -0.4 is 5.32 Å². The summed E-state index contributed by atoms with van der Waals surface area (Å²) in [5, 5.41) is 1.43. The average molecular weight is 449 g/mol. The highest BCUT2D eigenvalue weighted by atomic mass is 31.2. The Morgan fingerprint density at radius 2 is 1.04 bits per heavy atom. The standard InChI is InChI=1S/C8H23NO12P4/c1-3-5-20-25(19,21-6-4-2)8(24(16,17)18)9-7(22(10,11)12)23(13,14)15/h7-9H,3-6H2,1-2H3,(H2,10,11,12)(H2,13,14,15)(H2,16,17,18). The van der Waals surface area contributed by atoms with E-state index >= 15 is 0 Å². The van der Waals surface area contributed by atoms with Crippen LogP contribution in [-0.2, 0) is 27.3 Å². The summed E-state index contributed by atoms with van der Waals surface area (Å²) < 4.78 is 56.8. The van der Waals surface area contributed by atoms with E-state index in [1.54, 1.807) is 13.8 Å². The Morgan fingerprint density at radius 1 is 0.720 bits per heavy atom. The maximum Gasteiger partial charge on any atom is 0.359 e. The third kappa shape index (κ3) is 8.41. The molecule has 0 aliphatic heterocycles. The molecule has 0 heterocycles. The SMILES string of the molecule is CCCOP(=O)(OCCC)C(NC(P(=O)(O)O)P(=O)(O)O)P(=O)(O)O. The molecule has 0 saturated heterocycles. The van der Waals surface area contributed by atoms with Crippen molar-refractivity contribution in [2.45, 2.75) is 37.7 Å². The van der Waals surface area contributed by atoms with E-state index in [0.717, 1.165) is 0 Å². The summed E-state index contributed by atoms with van der Waals surface area (Å²) >= 11 is 0. The highest BCUT2D eigenvalue weighted by Crippen LogP contribution is 2.68. The van der Waals surface area contributed by atoms with Crippen LogP contribution in [0.3, 0.4) is 0 Å². The van der Waals surface area contributed by atoms with E-state index in [2.05, 4.69) is 0 Å². The molecule has 152 valence electrons. The van der Waals surface area contributed by atoms with Crippen molar-refractivity contribution in [2.24, 2.45) is 0 Å². The topological polar surface area (TPSA) is 220 Å². The minimum atomic E-state index is -5.59. The van der Waals surface area contributed by atoms with Crippen LogP contribution in [-0.4, -0.2) is 53.6 Å². The van der Waals surface area contributed by atoms with Gasteiger partial charge in [0.2, 0.25) is 11.0 Å². The lowest BCUT2D eigenvalue weighted by molar-refractivity contribution is 0.195. The summed E-state index contributed by atoms with van der Waals surface area (Å²) in [4.78, 5) is 55.1. The van der Waals surface area contributed by atoms with Crippen LogP contribution in [0.4, 0.5) is 0 Å². The predicted octanol–water partition coefficient (Wildman–Crippen LogP) is 0.723. The second-order valence-electron chi connectivity index (χ2n) is 4.89. The molecule has 0 aromatic heterocycles. The Morgan fingerprint density at radius 3 is 1.28 bits per heavy atom. The molecule has 0 rings (SSSR count). The maximum atomic E-state index is 12.8. The van der Waals surface area contributed by atoms with E-state index in [1.165, 1.54) is 5.32 Å². The molecule has 0 aliphatic rings. The van der Waals surface area contributed by atoms with Crippen LogP contribution >= 0.6 is 30.4 Å². The molecule has 13 nitrogen and oxygen atoms in total. The Kier molecular flexibility index (Phi) is 9.88. The summed E-state index contributed by atoms with van der Waals surface area (Å²) in [5.74, 6) is 0. The van der Waals surface area contributed by atoms with Gasteiger partial charge in [-0.05, 0) is 12.8 Å². The van der Waals surface area contributed by atoms with Crippen LogP contribution in [0.5, 0.6) is 0 Å². The fourth-order valence-corrected chi connectivity index (χ4v) is 8.02. The van der Waals surface area contributed by atoms with Crippen LogP contribution in [0, 0.1) is 0 Å². The van der Waals surface area contributed by atoms with Gasteiger partial charge in [-0.25, -0.2) is 0 Å². The number of rotatable bonds is 12. The van der Waals surface area contributed by atoms with Crippen molar-refractivity contribution in [3.05, 3.63) is 0 Å². The van der Waals surface area contributed by atoms with E-state index in [-0.39, 0.29) is 26.1 Å². The third-order valence-corrected chi connectivity index (χ3v) is 10.3. The van der Waals surface area contributed by atoms with Gasteiger partial charge in [-0.3, -0.25) is 23.6 Å². The summed E-state index contributed by atoms with van der Waals surface area (Å²) in [7, 11) is -21.4. The summed E-state index contributed by atoms with van der Waals surface area (Å²) in [6.07, 6.45) is 0.515. The fourth-order valence-electron chi connectivity index (χ4n) is 1.51. The first-order valence-corrected chi connectivity index (χ1v) is 13.6. The van der Waals surface area contributed by atoms with Gasteiger partial charge in [-0.15, -0.1) is 0 Å². The van der Waals surface area contributed by atoms with Crippen molar-refractivity contribution in [2.75, 3.05) is 13.2 Å². The summed E-state index contributed by atoms with van der Waals surface area (Å²) in [6.45, 7) is 2.60. The van der Waals surface area contributed by atoms with Gasteiger partial charge in [0.1, 0.15) is 0 Å². The zero-order valence-corrected chi connectivity index (χ0v) is 17.0. The Balaban J connectivity index is 6.04. The molecular weight excluding hydrogens is 426 g/mol. The Labute approximate surface area is 144 Å². The summed E-state index contributed by atoms with van der Waals surface area (Å²) in [6, 6.07) is 0. The molecule has 17 heteroatoms. The second kappa shape index (κ2) is 9.66. The van der Waals surface area contributed by atoms with E-state index < -0.39 is 41.4 Å². The van der Waals surface area contributed by atoms with Gasteiger partial charge < -0.3 is 38.4 Å². The molecule has 1 unspecified atom stereocenters. The molecule has 0 spiro atoms. The predicted molar refractivity (Wildman–Crippen MR) is 86.9 cm³/mol. The maximum absolute atomic E-state index is 12.8. The van der Waals surface area contributed by atoms with E-state index in [9.17, 15) is 28.0 Å². The number of hydrogen-bond acceptors (Lipinski definition) is 7. The zero-order valence-electron chi connectivity index (χ0n) is 13.4. The van der Waals surface area contributed by atoms with Gasteiger partial charge in [0.25, 0.3) is 0 Å². The van der Waals surface area contributed by atoms with Crippen molar-refractivity contribution in [3.8, 4) is 0 Å². The second-order valence-corrected chi connectivity index (χ2v) is 12.9. The minimum absolute atomic E-state index is 0.258. The van der Waals surface area contributed by atoms with Gasteiger partial charge >= 0.3 is 30.4 Å². The molecule has 0 saturated carbocycles. The molecule has 25 heavy (non-hydrogen) atoms. The minimum Gasteiger partial charge on any atom is -0.323 e. The monoisotopic (exact) mass is 449 g/mol. The molecule has 7 N–H and O–H groups in total. The van der Waals surface area contributed by atoms with Crippen molar-refractivity contribution in [1.82, 2.24) is 5.32 Å². The first-order chi connectivity index (χ1) is 11.1. The van der Waals surface area contributed by atoms with E-state index in [4.69, 9.17) is 28.6 Å². The van der Waals surface area contributed by atoms with Crippen LogP contribution in [0.15, 0.2) is 0 Å². The molecular formula is C8H23NO12P4. The zero-order chi connectivity index (χ0) is 20.1. The molecule has 0 aliphatic carbocycles. The Hall–Kier alpha value is 0.560. The molecule has 0 amide bonds. The lowest BCUT2D eigenvalue weighted by atomic mass is 10.5. The van der Waals surface area contributed by atoms with Crippen LogP contribution in [0.2, 0.25) is 0 Å². The summed E-state index contributed by atoms with van der Waals surface area (Å²) in [5.41, 5.74) is -5.68. The number of nitrogens with one attached hydrogen (secondary N) is 1. The molecule has 0 bridgehead atoms. The van der Waals surface area contributed by atoms with Gasteiger partial charge in [0.05, 0.1) is 13.2 Å². The van der Waals surface area contributed by atoms with Gasteiger partial charge in [0.15, 0.2) is 0 Å². The molecule has 0 aromatic carbocycles. The van der Waals surface area contributed by atoms with Gasteiger partial charge in [-0.2, -0.15) is 0 Å². The van der Waals surface area contributed by atoms with Crippen molar-refractivity contribution in [3.63, 3.8) is 0 Å². The lowest BCUT2D eigenvalue weighted by Crippen LogP contribution is -2.39. The van der Waals surface area contributed by atoms with Gasteiger partial charge in [0, 0.05) is 0 Å². The number of hydrogen-bond donors (Lipinski definition) is 7. The first kappa shape index (κ1) is 25.6.